The van der Waals surface area contributed by atoms with E-state index in [1.165, 1.54) is 0 Å². The highest BCUT2D eigenvalue weighted by molar-refractivity contribution is 5.95. The number of aromatic nitrogens is 2. The maximum atomic E-state index is 12.2. The highest BCUT2D eigenvalue weighted by atomic mass is 16.1. The molecule has 0 bridgehead atoms. The molecule has 0 unspecified atom stereocenters. The van der Waals surface area contributed by atoms with Crippen LogP contribution in [0, 0.1) is 13.8 Å². The van der Waals surface area contributed by atoms with Gasteiger partial charge in [0.2, 0.25) is 0 Å². The van der Waals surface area contributed by atoms with Gasteiger partial charge in [-0.15, -0.1) is 0 Å². The minimum Gasteiger partial charge on any atom is -0.348 e. The number of nitrogens with one attached hydrogen (secondary N) is 1. The van der Waals surface area contributed by atoms with Crippen LogP contribution < -0.4 is 5.32 Å². The van der Waals surface area contributed by atoms with E-state index in [9.17, 15) is 4.79 Å². The maximum absolute atomic E-state index is 12.2. The second-order valence-electron chi connectivity index (χ2n) is 5.59. The third kappa shape index (κ3) is 3.48. The molecule has 2 aromatic carbocycles. The Labute approximate surface area is 135 Å². The van der Waals surface area contributed by atoms with Gasteiger partial charge < -0.3 is 9.88 Å². The Morgan fingerprint density at radius 3 is 2.48 bits per heavy atom. The molecule has 3 aromatic rings. The van der Waals surface area contributed by atoms with Crippen LogP contribution in [0.25, 0.3) is 5.69 Å². The number of imidazole rings is 1. The van der Waals surface area contributed by atoms with Crippen molar-refractivity contribution in [2.75, 3.05) is 0 Å². The molecule has 1 aromatic heterocycles. The standard InChI is InChI=1S/C19H19N3O/c1-14-5-3-4-6-18(14)19(23)20-11-16-7-9-17(10-8-16)22-12-15(2)21-13-22/h3-10,12-13H,11H2,1-2H3,(H,20,23). The first-order valence-electron chi connectivity index (χ1n) is 7.57. The lowest BCUT2D eigenvalue weighted by molar-refractivity contribution is 0.0950. The molecule has 116 valence electrons. The van der Waals surface area contributed by atoms with Crippen molar-refractivity contribution in [3.8, 4) is 5.69 Å². The summed E-state index contributed by atoms with van der Waals surface area (Å²) < 4.78 is 1.98. The van der Waals surface area contributed by atoms with Gasteiger partial charge >= 0.3 is 0 Å². The van der Waals surface area contributed by atoms with Crippen molar-refractivity contribution in [2.24, 2.45) is 0 Å². The molecule has 3 rings (SSSR count). The molecule has 0 saturated heterocycles. The lowest BCUT2D eigenvalue weighted by atomic mass is 10.1. The highest BCUT2D eigenvalue weighted by Gasteiger charge is 2.07. The van der Waals surface area contributed by atoms with Gasteiger partial charge in [-0.25, -0.2) is 4.98 Å². The fourth-order valence-electron chi connectivity index (χ4n) is 2.45. The van der Waals surface area contributed by atoms with Gasteiger partial charge in [0.1, 0.15) is 0 Å². The average Bonchev–Trinajstić information content (AvgIpc) is 3.00. The number of benzene rings is 2. The SMILES string of the molecule is Cc1cn(-c2ccc(CNC(=O)c3ccccc3C)cc2)cn1. The highest BCUT2D eigenvalue weighted by Crippen LogP contribution is 2.11. The smallest absolute Gasteiger partial charge is 0.251 e. The topological polar surface area (TPSA) is 46.9 Å². The van der Waals surface area contributed by atoms with E-state index in [4.69, 9.17) is 0 Å². The van der Waals surface area contributed by atoms with E-state index in [0.717, 1.165) is 28.1 Å². The van der Waals surface area contributed by atoms with Crippen LogP contribution in [0.2, 0.25) is 0 Å². The van der Waals surface area contributed by atoms with Crippen molar-refractivity contribution in [3.63, 3.8) is 0 Å². The summed E-state index contributed by atoms with van der Waals surface area (Å²) in [6, 6.07) is 15.7. The molecule has 0 radical (unpaired) electrons. The summed E-state index contributed by atoms with van der Waals surface area (Å²) in [6.07, 6.45) is 3.78. The molecule has 0 spiro atoms. The molecule has 1 N–H and O–H groups in total. The predicted octanol–water partition coefficient (Wildman–Crippen LogP) is 3.42. The molecular weight excluding hydrogens is 286 g/mol. The van der Waals surface area contributed by atoms with Crippen LogP contribution >= 0.6 is 0 Å². The van der Waals surface area contributed by atoms with E-state index in [1.807, 2.05) is 73.1 Å². The number of hydrogen-bond donors (Lipinski definition) is 1. The predicted molar refractivity (Wildman–Crippen MR) is 90.7 cm³/mol. The molecule has 0 saturated carbocycles. The van der Waals surface area contributed by atoms with Gasteiger partial charge in [-0.1, -0.05) is 30.3 Å². The summed E-state index contributed by atoms with van der Waals surface area (Å²) in [5, 5.41) is 2.96. The molecular formula is C19H19N3O. The van der Waals surface area contributed by atoms with Crippen molar-refractivity contribution in [1.82, 2.24) is 14.9 Å². The van der Waals surface area contributed by atoms with E-state index >= 15 is 0 Å². The van der Waals surface area contributed by atoms with Crippen molar-refractivity contribution < 1.29 is 4.79 Å². The van der Waals surface area contributed by atoms with Crippen molar-refractivity contribution in [2.45, 2.75) is 20.4 Å². The fourth-order valence-corrected chi connectivity index (χ4v) is 2.45. The zero-order chi connectivity index (χ0) is 16.2. The van der Waals surface area contributed by atoms with Crippen LogP contribution in [0.4, 0.5) is 0 Å². The van der Waals surface area contributed by atoms with Gasteiger partial charge in [0.05, 0.1) is 12.0 Å². The summed E-state index contributed by atoms with van der Waals surface area (Å²) in [6.45, 7) is 4.42. The maximum Gasteiger partial charge on any atom is 0.251 e. The number of carbonyl (C=O) groups is 1. The largest absolute Gasteiger partial charge is 0.348 e. The van der Waals surface area contributed by atoms with E-state index in [0.29, 0.717) is 6.54 Å². The zero-order valence-corrected chi connectivity index (χ0v) is 13.3. The molecule has 1 heterocycles. The van der Waals surface area contributed by atoms with Crippen LogP contribution in [0.1, 0.15) is 27.2 Å². The van der Waals surface area contributed by atoms with Crippen LogP contribution in [0.15, 0.2) is 61.1 Å². The van der Waals surface area contributed by atoms with Crippen LogP contribution in [0.3, 0.4) is 0 Å². The molecule has 0 aliphatic rings. The van der Waals surface area contributed by atoms with Gasteiger partial charge in [0.15, 0.2) is 0 Å². The summed E-state index contributed by atoms with van der Waals surface area (Å²) in [7, 11) is 0. The molecule has 0 atom stereocenters. The molecule has 0 aliphatic heterocycles. The number of rotatable bonds is 4. The first-order valence-corrected chi connectivity index (χ1v) is 7.57. The normalized spacial score (nSPS) is 10.5. The monoisotopic (exact) mass is 305 g/mol. The van der Waals surface area contributed by atoms with Crippen molar-refractivity contribution >= 4 is 5.91 Å². The van der Waals surface area contributed by atoms with Crippen molar-refractivity contribution in [3.05, 3.63) is 83.4 Å². The van der Waals surface area contributed by atoms with Crippen LogP contribution in [-0.2, 0) is 6.54 Å². The number of nitrogens with zero attached hydrogens (tertiary/aromatic N) is 2. The summed E-state index contributed by atoms with van der Waals surface area (Å²) in [5.74, 6) is -0.0441. The molecule has 1 amide bonds. The summed E-state index contributed by atoms with van der Waals surface area (Å²) >= 11 is 0. The Kier molecular flexibility index (Phi) is 4.24. The molecule has 4 heteroatoms. The average molecular weight is 305 g/mol. The van der Waals surface area contributed by atoms with Gasteiger partial charge in [-0.05, 0) is 43.2 Å². The minimum atomic E-state index is -0.0441. The molecule has 4 nitrogen and oxygen atoms in total. The van der Waals surface area contributed by atoms with E-state index in [2.05, 4.69) is 10.3 Å². The fraction of sp³-hybridized carbons (Fsp3) is 0.158. The quantitative estimate of drug-likeness (QED) is 0.803. The van der Waals surface area contributed by atoms with Crippen molar-refractivity contribution in [1.29, 1.82) is 0 Å². The van der Waals surface area contributed by atoms with Gasteiger partial charge in [0.25, 0.3) is 5.91 Å². The number of aryl methyl sites for hydroxylation is 2. The molecule has 0 aliphatic carbocycles. The second kappa shape index (κ2) is 6.48. The number of amides is 1. The van der Waals surface area contributed by atoms with Gasteiger partial charge in [0, 0.05) is 24.0 Å². The van der Waals surface area contributed by atoms with Crippen LogP contribution in [0.5, 0.6) is 0 Å². The Hall–Kier alpha value is -2.88. The Morgan fingerprint density at radius 1 is 1.09 bits per heavy atom. The van der Waals surface area contributed by atoms with Gasteiger partial charge in [-0.2, -0.15) is 0 Å². The first-order chi connectivity index (χ1) is 11.1. The van der Waals surface area contributed by atoms with E-state index in [1.54, 1.807) is 6.33 Å². The first kappa shape index (κ1) is 15.0. The Morgan fingerprint density at radius 2 is 1.83 bits per heavy atom. The summed E-state index contributed by atoms with van der Waals surface area (Å²) in [4.78, 5) is 16.4. The minimum absolute atomic E-state index is 0.0441. The van der Waals surface area contributed by atoms with E-state index in [-0.39, 0.29) is 5.91 Å². The number of hydrogen-bond acceptors (Lipinski definition) is 2. The third-order valence-corrected chi connectivity index (χ3v) is 3.79. The lowest BCUT2D eigenvalue weighted by Crippen LogP contribution is -2.23. The van der Waals surface area contributed by atoms with Crippen LogP contribution in [-0.4, -0.2) is 15.5 Å². The van der Waals surface area contributed by atoms with Gasteiger partial charge in [-0.3, -0.25) is 4.79 Å². The summed E-state index contributed by atoms with van der Waals surface area (Å²) in [5.41, 5.74) is 4.81. The second-order valence-corrected chi connectivity index (χ2v) is 5.59. The third-order valence-electron chi connectivity index (χ3n) is 3.79. The zero-order valence-electron chi connectivity index (χ0n) is 13.3. The van der Waals surface area contributed by atoms with E-state index < -0.39 is 0 Å². The Balaban J connectivity index is 1.65. The molecule has 23 heavy (non-hydrogen) atoms. The Bertz CT molecular complexity index is 819. The lowest BCUT2D eigenvalue weighted by Gasteiger charge is -2.08. The number of carbonyl (C=O) groups excluding carboxylic acids is 1. The molecule has 0 fully saturated rings.